The van der Waals surface area contributed by atoms with Crippen molar-refractivity contribution in [2.45, 2.75) is 13.5 Å². The number of oxime groups is 1. The van der Waals surface area contributed by atoms with Crippen molar-refractivity contribution in [1.82, 2.24) is 5.32 Å². The van der Waals surface area contributed by atoms with Gasteiger partial charge in [-0.2, -0.15) is 0 Å². The molecule has 0 aliphatic rings. The zero-order valence-corrected chi connectivity index (χ0v) is 8.85. The lowest BCUT2D eigenvalue weighted by atomic mass is 10.1. The quantitative estimate of drug-likeness (QED) is 0.294. The highest BCUT2D eigenvalue weighted by molar-refractivity contribution is 5.82. The minimum absolute atomic E-state index is 0.0405. The molecule has 82 valence electrons. The summed E-state index contributed by atoms with van der Waals surface area (Å²) in [5.41, 5.74) is 6.68. The Labute approximate surface area is 89.8 Å². The van der Waals surface area contributed by atoms with Crippen LogP contribution in [0.3, 0.4) is 0 Å². The van der Waals surface area contributed by atoms with Gasteiger partial charge in [-0.05, 0) is 5.56 Å². The number of amidine groups is 1. The largest absolute Gasteiger partial charge is 0.409 e. The van der Waals surface area contributed by atoms with Crippen molar-refractivity contribution in [2.75, 3.05) is 6.54 Å². The Morgan fingerprint density at radius 2 is 2.13 bits per heavy atom. The standard InChI is InChI=1S/C11H17N3O/c1-9(11(12)14-15)7-13-8-10-5-3-2-4-6-10/h2-6,9,13,15H,7-8H2,1H3,(H2,12,14). The molecule has 4 heteroatoms. The van der Waals surface area contributed by atoms with Crippen LogP contribution in [0.4, 0.5) is 0 Å². The van der Waals surface area contributed by atoms with Crippen LogP contribution in [0, 0.1) is 5.92 Å². The Hall–Kier alpha value is -1.55. The monoisotopic (exact) mass is 207 g/mol. The molecule has 0 aromatic heterocycles. The minimum Gasteiger partial charge on any atom is -0.409 e. The van der Waals surface area contributed by atoms with Crippen LogP contribution in [0.1, 0.15) is 12.5 Å². The maximum absolute atomic E-state index is 8.46. The van der Waals surface area contributed by atoms with Crippen molar-refractivity contribution in [3.8, 4) is 0 Å². The van der Waals surface area contributed by atoms with Crippen LogP contribution in [0.25, 0.3) is 0 Å². The molecule has 0 spiro atoms. The van der Waals surface area contributed by atoms with Gasteiger partial charge >= 0.3 is 0 Å². The summed E-state index contributed by atoms with van der Waals surface area (Å²) in [7, 11) is 0. The van der Waals surface area contributed by atoms with Crippen molar-refractivity contribution >= 4 is 5.84 Å². The third-order valence-corrected chi connectivity index (χ3v) is 2.24. The molecule has 0 saturated heterocycles. The summed E-state index contributed by atoms with van der Waals surface area (Å²) in [5.74, 6) is 0.300. The van der Waals surface area contributed by atoms with Crippen LogP contribution in [0.15, 0.2) is 35.5 Å². The number of nitrogens with two attached hydrogens (primary N) is 1. The van der Waals surface area contributed by atoms with Crippen LogP contribution < -0.4 is 11.1 Å². The van der Waals surface area contributed by atoms with E-state index in [9.17, 15) is 0 Å². The Morgan fingerprint density at radius 1 is 1.47 bits per heavy atom. The molecular formula is C11H17N3O. The molecule has 0 aliphatic carbocycles. The topological polar surface area (TPSA) is 70.6 Å². The third kappa shape index (κ3) is 3.99. The molecule has 0 saturated carbocycles. The fourth-order valence-electron chi connectivity index (χ4n) is 1.23. The van der Waals surface area contributed by atoms with Crippen LogP contribution in [-0.2, 0) is 6.54 Å². The molecule has 4 N–H and O–H groups in total. The molecule has 0 bridgehead atoms. The van der Waals surface area contributed by atoms with Crippen LogP contribution in [0.2, 0.25) is 0 Å². The summed E-state index contributed by atoms with van der Waals surface area (Å²) in [6.45, 7) is 3.40. The van der Waals surface area contributed by atoms with Gasteiger partial charge in [0.15, 0.2) is 0 Å². The van der Waals surface area contributed by atoms with Crippen LogP contribution in [0.5, 0.6) is 0 Å². The van der Waals surface area contributed by atoms with Gasteiger partial charge in [-0.15, -0.1) is 0 Å². The van der Waals surface area contributed by atoms with Crippen LogP contribution in [-0.4, -0.2) is 17.6 Å². The molecule has 1 unspecified atom stereocenters. The molecule has 1 aromatic rings. The fraction of sp³-hybridized carbons (Fsp3) is 0.364. The predicted molar refractivity (Wildman–Crippen MR) is 60.7 cm³/mol. The Balaban J connectivity index is 2.28. The van der Waals surface area contributed by atoms with E-state index in [4.69, 9.17) is 10.9 Å². The summed E-state index contributed by atoms with van der Waals surface area (Å²) >= 11 is 0. The van der Waals surface area contributed by atoms with E-state index in [1.165, 1.54) is 5.56 Å². The lowest BCUT2D eigenvalue weighted by molar-refractivity contribution is 0.314. The Bertz CT molecular complexity index is 311. The molecule has 0 amide bonds. The molecule has 0 radical (unpaired) electrons. The SMILES string of the molecule is CC(CNCc1ccccc1)C(N)=NO. The van der Waals surface area contributed by atoms with Crippen LogP contribution >= 0.6 is 0 Å². The minimum atomic E-state index is 0.0405. The maximum Gasteiger partial charge on any atom is 0.143 e. The smallest absolute Gasteiger partial charge is 0.143 e. The Kier molecular flexibility index (Phi) is 4.63. The first-order valence-corrected chi connectivity index (χ1v) is 4.96. The lowest BCUT2D eigenvalue weighted by Gasteiger charge is -2.10. The van der Waals surface area contributed by atoms with E-state index in [0.29, 0.717) is 6.54 Å². The third-order valence-electron chi connectivity index (χ3n) is 2.24. The molecule has 0 heterocycles. The first kappa shape index (κ1) is 11.5. The highest BCUT2D eigenvalue weighted by atomic mass is 16.4. The number of hydrogen-bond donors (Lipinski definition) is 3. The van der Waals surface area contributed by atoms with Crippen molar-refractivity contribution in [3.05, 3.63) is 35.9 Å². The summed E-state index contributed by atoms with van der Waals surface area (Å²) in [5, 5.41) is 14.7. The van der Waals surface area contributed by atoms with E-state index in [2.05, 4.69) is 22.6 Å². The number of nitrogens with zero attached hydrogens (tertiary/aromatic N) is 1. The highest BCUT2D eigenvalue weighted by Crippen LogP contribution is 1.98. The van der Waals surface area contributed by atoms with E-state index < -0.39 is 0 Å². The Morgan fingerprint density at radius 3 is 2.73 bits per heavy atom. The number of rotatable bonds is 5. The summed E-state index contributed by atoms with van der Waals surface area (Å²) < 4.78 is 0. The average Bonchev–Trinajstić information content (AvgIpc) is 2.29. The van der Waals surface area contributed by atoms with Gasteiger partial charge < -0.3 is 16.3 Å². The molecule has 1 atom stereocenters. The average molecular weight is 207 g/mol. The van der Waals surface area contributed by atoms with Gasteiger partial charge in [-0.3, -0.25) is 0 Å². The molecule has 15 heavy (non-hydrogen) atoms. The van der Waals surface area contributed by atoms with Crippen molar-refractivity contribution in [1.29, 1.82) is 0 Å². The first-order chi connectivity index (χ1) is 7.24. The predicted octanol–water partition coefficient (Wildman–Crippen LogP) is 1.16. The number of benzene rings is 1. The van der Waals surface area contributed by atoms with E-state index in [-0.39, 0.29) is 11.8 Å². The molecule has 4 nitrogen and oxygen atoms in total. The molecular weight excluding hydrogens is 190 g/mol. The summed E-state index contributed by atoms with van der Waals surface area (Å²) in [6.07, 6.45) is 0. The van der Waals surface area contributed by atoms with E-state index >= 15 is 0 Å². The summed E-state index contributed by atoms with van der Waals surface area (Å²) in [4.78, 5) is 0. The van der Waals surface area contributed by atoms with Gasteiger partial charge in [0.25, 0.3) is 0 Å². The van der Waals surface area contributed by atoms with E-state index in [1.54, 1.807) is 0 Å². The van der Waals surface area contributed by atoms with Crippen molar-refractivity contribution in [3.63, 3.8) is 0 Å². The van der Waals surface area contributed by atoms with Gasteiger partial charge in [0, 0.05) is 19.0 Å². The molecule has 1 rings (SSSR count). The van der Waals surface area contributed by atoms with Crippen molar-refractivity contribution in [2.24, 2.45) is 16.8 Å². The van der Waals surface area contributed by atoms with Gasteiger partial charge in [-0.25, -0.2) is 0 Å². The fourth-order valence-corrected chi connectivity index (χ4v) is 1.23. The van der Waals surface area contributed by atoms with E-state index in [1.807, 2.05) is 25.1 Å². The second-order valence-electron chi connectivity index (χ2n) is 3.54. The van der Waals surface area contributed by atoms with Gasteiger partial charge in [0.2, 0.25) is 0 Å². The second kappa shape index (κ2) is 6.03. The lowest BCUT2D eigenvalue weighted by Crippen LogP contribution is -2.31. The molecule has 1 aromatic carbocycles. The van der Waals surface area contributed by atoms with E-state index in [0.717, 1.165) is 6.54 Å². The normalized spacial score (nSPS) is 13.8. The van der Waals surface area contributed by atoms with Gasteiger partial charge in [0.1, 0.15) is 5.84 Å². The number of hydrogen-bond acceptors (Lipinski definition) is 3. The molecule has 0 aliphatic heterocycles. The zero-order valence-electron chi connectivity index (χ0n) is 8.85. The second-order valence-corrected chi connectivity index (χ2v) is 3.54. The summed E-state index contributed by atoms with van der Waals surface area (Å²) in [6, 6.07) is 10.1. The molecule has 0 fully saturated rings. The van der Waals surface area contributed by atoms with Crippen molar-refractivity contribution < 1.29 is 5.21 Å². The number of nitrogens with one attached hydrogen (secondary N) is 1. The van der Waals surface area contributed by atoms with Gasteiger partial charge in [-0.1, -0.05) is 42.4 Å². The van der Waals surface area contributed by atoms with Gasteiger partial charge in [0.05, 0.1) is 0 Å². The first-order valence-electron chi connectivity index (χ1n) is 4.96. The maximum atomic E-state index is 8.46. The zero-order chi connectivity index (χ0) is 11.1. The highest BCUT2D eigenvalue weighted by Gasteiger charge is 2.06.